The Balaban J connectivity index is 2.33. The summed E-state index contributed by atoms with van der Waals surface area (Å²) < 4.78 is 5.31. The molecule has 72 valence electrons. The van der Waals surface area contributed by atoms with E-state index < -0.39 is 5.60 Å². The van der Waals surface area contributed by atoms with Crippen molar-refractivity contribution < 1.29 is 9.84 Å². The number of hydrogen-bond donors (Lipinski definition) is 1. The summed E-state index contributed by atoms with van der Waals surface area (Å²) >= 11 is 0. The maximum atomic E-state index is 10.2. The van der Waals surface area contributed by atoms with Gasteiger partial charge in [-0.3, -0.25) is 0 Å². The lowest BCUT2D eigenvalue weighted by Crippen LogP contribution is -2.33. The van der Waals surface area contributed by atoms with Crippen LogP contribution >= 0.6 is 0 Å². The molecule has 2 heterocycles. The first-order chi connectivity index (χ1) is 6.13. The fourth-order valence-corrected chi connectivity index (χ4v) is 1.61. The molecule has 0 spiro atoms. The standard InChI is InChI=1S/C8H13N3O2/c1-6-8(12,3-4-13-6)7-5-9-11(2)10-7/h5-6,12H,3-4H2,1-2H3. The van der Waals surface area contributed by atoms with Gasteiger partial charge in [0.05, 0.1) is 18.9 Å². The van der Waals surface area contributed by atoms with E-state index >= 15 is 0 Å². The third-order valence-corrected chi connectivity index (χ3v) is 2.57. The molecule has 0 bridgehead atoms. The summed E-state index contributed by atoms with van der Waals surface area (Å²) in [6, 6.07) is 0. The van der Waals surface area contributed by atoms with Gasteiger partial charge in [-0.15, -0.1) is 0 Å². The SMILES string of the molecule is CC1OCCC1(O)c1cnn(C)n1. The van der Waals surface area contributed by atoms with Crippen LogP contribution < -0.4 is 0 Å². The van der Waals surface area contributed by atoms with Crippen molar-refractivity contribution in [1.82, 2.24) is 15.0 Å². The largest absolute Gasteiger partial charge is 0.381 e. The molecule has 2 atom stereocenters. The van der Waals surface area contributed by atoms with Gasteiger partial charge in [-0.2, -0.15) is 15.0 Å². The van der Waals surface area contributed by atoms with Gasteiger partial charge in [0, 0.05) is 13.5 Å². The Bertz CT molecular complexity index is 312. The maximum Gasteiger partial charge on any atom is 0.138 e. The zero-order valence-electron chi connectivity index (χ0n) is 7.77. The number of ether oxygens (including phenoxy) is 1. The van der Waals surface area contributed by atoms with Gasteiger partial charge in [0.2, 0.25) is 0 Å². The van der Waals surface area contributed by atoms with Crippen molar-refractivity contribution in [2.75, 3.05) is 6.61 Å². The first kappa shape index (κ1) is 8.65. The van der Waals surface area contributed by atoms with Gasteiger partial charge in [-0.25, -0.2) is 0 Å². The summed E-state index contributed by atoms with van der Waals surface area (Å²) in [5, 5.41) is 18.2. The van der Waals surface area contributed by atoms with Crippen LogP contribution in [0.15, 0.2) is 6.20 Å². The molecule has 5 heteroatoms. The molecule has 0 saturated carbocycles. The van der Waals surface area contributed by atoms with Crippen LogP contribution in [0.5, 0.6) is 0 Å². The molecule has 0 radical (unpaired) electrons. The molecule has 1 aromatic heterocycles. The quantitative estimate of drug-likeness (QED) is 0.655. The van der Waals surface area contributed by atoms with Crippen molar-refractivity contribution in [3.05, 3.63) is 11.9 Å². The molecule has 13 heavy (non-hydrogen) atoms. The average molecular weight is 183 g/mol. The maximum absolute atomic E-state index is 10.2. The van der Waals surface area contributed by atoms with E-state index in [-0.39, 0.29) is 6.10 Å². The fraction of sp³-hybridized carbons (Fsp3) is 0.750. The highest BCUT2D eigenvalue weighted by molar-refractivity contribution is 5.11. The minimum atomic E-state index is -0.950. The molecule has 1 aliphatic rings. The Labute approximate surface area is 76.3 Å². The van der Waals surface area contributed by atoms with Crippen LogP contribution in [0.4, 0.5) is 0 Å². The lowest BCUT2D eigenvalue weighted by molar-refractivity contribution is -0.0350. The molecule has 5 nitrogen and oxygen atoms in total. The monoisotopic (exact) mass is 183 g/mol. The molecule has 1 saturated heterocycles. The van der Waals surface area contributed by atoms with Gasteiger partial charge in [0.15, 0.2) is 0 Å². The average Bonchev–Trinajstić information content (AvgIpc) is 2.62. The van der Waals surface area contributed by atoms with Gasteiger partial charge in [0.25, 0.3) is 0 Å². The van der Waals surface area contributed by atoms with E-state index in [9.17, 15) is 5.11 Å². The molecule has 2 unspecified atom stereocenters. The Morgan fingerprint density at radius 3 is 3.00 bits per heavy atom. The Hall–Kier alpha value is -0.940. The molecular weight excluding hydrogens is 170 g/mol. The molecule has 0 amide bonds. The van der Waals surface area contributed by atoms with Crippen molar-refractivity contribution in [2.24, 2.45) is 7.05 Å². The van der Waals surface area contributed by atoms with E-state index in [1.165, 1.54) is 4.80 Å². The number of aryl methyl sites for hydroxylation is 1. The van der Waals surface area contributed by atoms with Crippen molar-refractivity contribution in [2.45, 2.75) is 25.0 Å². The molecular formula is C8H13N3O2. The summed E-state index contributed by atoms with van der Waals surface area (Å²) in [6.07, 6.45) is 1.97. The summed E-state index contributed by atoms with van der Waals surface area (Å²) in [5.41, 5.74) is -0.353. The van der Waals surface area contributed by atoms with Crippen LogP contribution in [0, 0.1) is 0 Å². The van der Waals surface area contributed by atoms with Crippen LogP contribution in [-0.4, -0.2) is 32.8 Å². The first-order valence-electron chi connectivity index (χ1n) is 4.34. The highest BCUT2D eigenvalue weighted by Crippen LogP contribution is 2.33. The van der Waals surface area contributed by atoms with Crippen LogP contribution in [0.2, 0.25) is 0 Å². The van der Waals surface area contributed by atoms with Crippen molar-refractivity contribution >= 4 is 0 Å². The normalized spacial score (nSPS) is 33.9. The predicted molar refractivity (Wildman–Crippen MR) is 44.9 cm³/mol. The smallest absolute Gasteiger partial charge is 0.138 e. The second kappa shape index (κ2) is 2.78. The minimum Gasteiger partial charge on any atom is -0.381 e. The van der Waals surface area contributed by atoms with Crippen LogP contribution in [0.1, 0.15) is 19.0 Å². The highest BCUT2D eigenvalue weighted by atomic mass is 16.5. The van der Waals surface area contributed by atoms with Crippen LogP contribution in [-0.2, 0) is 17.4 Å². The van der Waals surface area contributed by atoms with Crippen molar-refractivity contribution in [3.63, 3.8) is 0 Å². The number of aromatic nitrogens is 3. The third-order valence-electron chi connectivity index (χ3n) is 2.57. The number of rotatable bonds is 1. The highest BCUT2D eigenvalue weighted by Gasteiger charge is 2.43. The number of nitrogens with zero attached hydrogens (tertiary/aromatic N) is 3. The molecule has 1 N–H and O–H groups in total. The predicted octanol–water partition coefficient (Wildman–Crippen LogP) is -0.189. The van der Waals surface area contributed by atoms with E-state index in [1.807, 2.05) is 6.92 Å². The molecule has 0 aliphatic carbocycles. The minimum absolute atomic E-state index is 0.204. The zero-order chi connectivity index (χ0) is 9.47. The van der Waals surface area contributed by atoms with Gasteiger partial charge in [-0.1, -0.05) is 0 Å². The van der Waals surface area contributed by atoms with E-state index in [0.29, 0.717) is 18.7 Å². The summed E-state index contributed by atoms with van der Waals surface area (Å²) in [5.74, 6) is 0. The van der Waals surface area contributed by atoms with Crippen molar-refractivity contribution in [1.29, 1.82) is 0 Å². The van der Waals surface area contributed by atoms with Gasteiger partial charge in [-0.05, 0) is 6.92 Å². The van der Waals surface area contributed by atoms with E-state index in [0.717, 1.165) is 0 Å². The van der Waals surface area contributed by atoms with Crippen LogP contribution in [0.3, 0.4) is 0 Å². The summed E-state index contributed by atoms with van der Waals surface area (Å²) in [7, 11) is 1.73. The lowest BCUT2D eigenvalue weighted by atomic mass is 9.93. The van der Waals surface area contributed by atoms with Crippen molar-refractivity contribution in [3.8, 4) is 0 Å². The Kier molecular flexibility index (Phi) is 1.85. The summed E-state index contributed by atoms with van der Waals surface area (Å²) in [4.78, 5) is 1.44. The number of aliphatic hydroxyl groups is 1. The van der Waals surface area contributed by atoms with Gasteiger partial charge >= 0.3 is 0 Å². The molecule has 1 aromatic rings. The first-order valence-corrected chi connectivity index (χ1v) is 4.34. The third kappa shape index (κ3) is 1.24. The Morgan fingerprint density at radius 2 is 2.54 bits per heavy atom. The van der Waals surface area contributed by atoms with Crippen LogP contribution in [0.25, 0.3) is 0 Å². The molecule has 1 aliphatic heterocycles. The summed E-state index contributed by atoms with van der Waals surface area (Å²) in [6.45, 7) is 2.43. The van der Waals surface area contributed by atoms with E-state index in [2.05, 4.69) is 10.2 Å². The van der Waals surface area contributed by atoms with E-state index in [1.54, 1.807) is 13.2 Å². The van der Waals surface area contributed by atoms with Gasteiger partial charge in [0.1, 0.15) is 11.3 Å². The van der Waals surface area contributed by atoms with E-state index in [4.69, 9.17) is 4.74 Å². The Morgan fingerprint density at radius 1 is 1.77 bits per heavy atom. The molecule has 2 rings (SSSR count). The molecule has 1 fully saturated rings. The molecule has 0 aromatic carbocycles. The second-order valence-corrected chi connectivity index (χ2v) is 3.41. The van der Waals surface area contributed by atoms with Gasteiger partial charge < -0.3 is 9.84 Å². The fourth-order valence-electron chi connectivity index (χ4n) is 1.61. The second-order valence-electron chi connectivity index (χ2n) is 3.41. The zero-order valence-corrected chi connectivity index (χ0v) is 7.77. The topological polar surface area (TPSA) is 60.2 Å². The number of hydrogen-bond acceptors (Lipinski definition) is 4. The lowest BCUT2D eigenvalue weighted by Gasteiger charge is -2.22.